The summed E-state index contributed by atoms with van der Waals surface area (Å²) in [6.45, 7) is 7.12. The van der Waals surface area contributed by atoms with Gasteiger partial charge in [-0.3, -0.25) is 0 Å². The van der Waals surface area contributed by atoms with Crippen molar-refractivity contribution >= 4 is 0 Å². The van der Waals surface area contributed by atoms with Crippen LogP contribution in [0.4, 0.5) is 0 Å². The van der Waals surface area contributed by atoms with Crippen LogP contribution in [0, 0.1) is 17.8 Å². The molecule has 1 fully saturated rings. The van der Waals surface area contributed by atoms with Gasteiger partial charge >= 0.3 is 0 Å². The Hall–Kier alpha value is 0. The maximum absolute atomic E-state index is 2.46. The van der Waals surface area contributed by atoms with Crippen molar-refractivity contribution in [3.8, 4) is 0 Å². The molecule has 0 saturated heterocycles. The number of rotatable bonds is 3. The molecule has 3 unspecified atom stereocenters. The van der Waals surface area contributed by atoms with Gasteiger partial charge in [-0.15, -0.1) is 0 Å². The monoisotopic (exact) mass is 168 g/mol. The largest absolute Gasteiger partial charge is 0.0654 e. The van der Waals surface area contributed by atoms with Gasteiger partial charge in [-0.2, -0.15) is 0 Å². The van der Waals surface area contributed by atoms with Crippen molar-refractivity contribution in [2.24, 2.45) is 17.8 Å². The maximum Gasteiger partial charge on any atom is -0.0388 e. The fourth-order valence-corrected chi connectivity index (χ4v) is 2.74. The van der Waals surface area contributed by atoms with E-state index >= 15 is 0 Å². The van der Waals surface area contributed by atoms with Gasteiger partial charge in [-0.25, -0.2) is 0 Å². The van der Waals surface area contributed by atoms with Crippen molar-refractivity contribution in [1.29, 1.82) is 0 Å². The summed E-state index contributed by atoms with van der Waals surface area (Å²) in [6.07, 6.45) is 8.77. The second kappa shape index (κ2) is 4.89. The molecule has 0 nitrogen and oxygen atoms in total. The first kappa shape index (κ1) is 10.1. The highest BCUT2D eigenvalue weighted by molar-refractivity contribution is 4.76. The normalized spacial score (nSPS) is 36.8. The number of hydrogen-bond acceptors (Lipinski definition) is 0. The van der Waals surface area contributed by atoms with Crippen LogP contribution in [0.5, 0.6) is 0 Å². The van der Waals surface area contributed by atoms with E-state index in [1.54, 1.807) is 0 Å². The van der Waals surface area contributed by atoms with Crippen LogP contribution in [-0.2, 0) is 0 Å². The van der Waals surface area contributed by atoms with E-state index in [9.17, 15) is 0 Å². The van der Waals surface area contributed by atoms with Crippen LogP contribution < -0.4 is 0 Å². The molecule has 12 heavy (non-hydrogen) atoms. The Bertz CT molecular complexity index is 117. The zero-order chi connectivity index (χ0) is 8.97. The molecule has 72 valence electrons. The Balaban J connectivity index is 2.31. The van der Waals surface area contributed by atoms with Crippen molar-refractivity contribution < 1.29 is 0 Å². The molecule has 0 heterocycles. The summed E-state index contributed by atoms with van der Waals surface area (Å²) < 4.78 is 0. The van der Waals surface area contributed by atoms with E-state index in [4.69, 9.17) is 0 Å². The zero-order valence-electron chi connectivity index (χ0n) is 8.97. The van der Waals surface area contributed by atoms with Crippen molar-refractivity contribution in [1.82, 2.24) is 0 Å². The van der Waals surface area contributed by atoms with Crippen LogP contribution in [0.15, 0.2) is 0 Å². The van der Waals surface area contributed by atoms with Crippen LogP contribution in [0.3, 0.4) is 0 Å². The van der Waals surface area contributed by atoms with Crippen LogP contribution >= 0.6 is 0 Å². The first-order chi connectivity index (χ1) is 5.77. The molecule has 1 rings (SSSR count). The Kier molecular flexibility index (Phi) is 4.11. The summed E-state index contributed by atoms with van der Waals surface area (Å²) in [5.74, 6) is 3.11. The third kappa shape index (κ3) is 2.50. The molecule has 1 saturated carbocycles. The highest BCUT2D eigenvalue weighted by atomic mass is 14.3. The molecule has 0 aromatic rings. The van der Waals surface area contributed by atoms with E-state index in [1.807, 2.05) is 0 Å². The van der Waals surface area contributed by atoms with E-state index < -0.39 is 0 Å². The summed E-state index contributed by atoms with van der Waals surface area (Å²) in [5, 5.41) is 0. The Morgan fingerprint density at radius 3 is 2.42 bits per heavy atom. The molecule has 0 bridgehead atoms. The van der Waals surface area contributed by atoms with Gasteiger partial charge in [0.05, 0.1) is 0 Å². The smallest absolute Gasteiger partial charge is 0.0388 e. The lowest BCUT2D eigenvalue weighted by molar-refractivity contribution is 0.180. The second-order valence-electron chi connectivity index (χ2n) is 4.61. The lowest BCUT2D eigenvalue weighted by Crippen LogP contribution is -2.22. The Morgan fingerprint density at radius 2 is 1.92 bits per heavy atom. The highest BCUT2D eigenvalue weighted by Crippen LogP contribution is 2.37. The minimum Gasteiger partial charge on any atom is -0.0654 e. The second-order valence-corrected chi connectivity index (χ2v) is 4.61. The molecular weight excluding hydrogens is 144 g/mol. The summed E-state index contributed by atoms with van der Waals surface area (Å²) in [5.41, 5.74) is 0. The summed E-state index contributed by atoms with van der Waals surface area (Å²) in [7, 11) is 0. The van der Waals surface area contributed by atoms with Gasteiger partial charge in [0.25, 0.3) is 0 Å². The number of hydrogen-bond donors (Lipinski definition) is 0. The summed E-state index contributed by atoms with van der Waals surface area (Å²) in [4.78, 5) is 0. The van der Waals surface area contributed by atoms with Gasteiger partial charge in [0.1, 0.15) is 0 Å². The molecule has 3 atom stereocenters. The molecule has 0 aromatic heterocycles. The van der Waals surface area contributed by atoms with Gasteiger partial charge in [0.2, 0.25) is 0 Å². The quantitative estimate of drug-likeness (QED) is 0.591. The lowest BCUT2D eigenvalue weighted by Gasteiger charge is -2.33. The van der Waals surface area contributed by atoms with Gasteiger partial charge in [-0.05, 0) is 30.6 Å². The van der Waals surface area contributed by atoms with Gasteiger partial charge in [0, 0.05) is 0 Å². The zero-order valence-corrected chi connectivity index (χ0v) is 8.97. The van der Waals surface area contributed by atoms with Crippen LogP contribution in [0.25, 0.3) is 0 Å². The predicted octanol–water partition coefficient (Wildman–Crippen LogP) is 4.25. The van der Waals surface area contributed by atoms with Crippen LogP contribution in [0.2, 0.25) is 0 Å². The molecule has 0 heteroatoms. The highest BCUT2D eigenvalue weighted by Gasteiger charge is 2.25. The Labute approximate surface area is 77.7 Å². The third-order valence-corrected chi connectivity index (χ3v) is 3.69. The van der Waals surface area contributed by atoms with E-state index in [1.165, 1.54) is 38.5 Å². The van der Waals surface area contributed by atoms with E-state index in [-0.39, 0.29) is 0 Å². The SMILES string of the molecule is CCCC1CCC(CC)CC1C. The molecule has 1 aliphatic carbocycles. The van der Waals surface area contributed by atoms with E-state index in [0.717, 1.165) is 17.8 Å². The fourth-order valence-electron chi connectivity index (χ4n) is 2.74. The van der Waals surface area contributed by atoms with Crippen molar-refractivity contribution in [2.45, 2.75) is 59.3 Å². The van der Waals surface area contributed by atoms with Crippen molar-refractivity contribution in [3.05, 3.63) is 0 Å². The molecule has 0 radical (unpaired) electrons. The van der Waals surface area contributed by atoms with Crippen LogP contribution in [-0.4, -0.2) is 0 Å². The average Bonchev–Trinajstić information content (AvgIpc) is 2.09. The maximum atomic E-state index is 2.46. The summed E-state index contributed by atoms with van der Waals surface area (Å²) in [6, 6.07) is 0. The average molecular weight is 168 g/mol. The minimum atomic E-state index is 1.00. The first-order valence-corrected chi connectivity index (χ1v) is 5.77. The molecule has 0 amide bonds. The van der Waals surface area contributed by atoms with E-state index in [2.05, 4.69) is 20.8 Å². The van der Waals surface area contributed by atoms with Gasteiger partial charge < -0.3 is 0 Å². The third-order valence-electron chi connectivity index (χ3n) is 3.69. The molecule has 0 N–H and O–H groups in total. The standard InChI is InChI=1S/C12H24/c1-4-6-12-8-7-11(5-2)9-10(12)3/h10-12H,4-9H2,1-3H3. The minimum absolute atomic E-state index is 1.00. The lowest BCUT2D eigenvalue weighted by atomic mass is 9.72. The van der Waals surface area contributed by atoms with Crippen LogP contribution in [0.1, 0.15) is 59.3 Å². The molecule has 0 spiro atoms. The van der Waals surface area contributed by atoms with Crippen molar-refractivity contribution in [2.75, 3.05) is 0 Å². The van der Waals surface area contributed by atoms with E-state index in [0.29, 0.717) is 0 Å². The van der Waals surface area contributed by atoms with Gasteiger partial charge in [0.15, 0.2) is 0 Å². The first-order valence-electron chi connectivity index (χ1n) is 5.77. The predicted molar refractivity (Wildman–Crippen MR) is 55.2 cm³/mol. The molecule has 1 aliphatic rings. The molecule has 0 aromatic carbocycles. The topological polar surface area (TPSA) is 0 Å². The summed E-state index contributed by atoms with van der Waals surface area (Å²) >= 11 is 0. The molecule has 0 aliphatic heterocycles. The Morgan fingerprint density at radius 1 is 1.17 bits per heavy atom. The fraction of sp³-hybridized carbons (Fsp3) is 1.00. The van der Waals surface area contributed by atoms with Gasteiger partial charge in [-0.1, -0.05) is 46.5 Å². The van der Waals surface area contributed by atoms with Crippen molar-refractivity contribution in [3.63, 3.8) is 0 Å². The molecular formula is C12H24.